The molecule has 0 spiro atoms. The Morgan fingerprint density at radius 3 is 2.71 bits per heavy atom. The molecule has 0 bridgehead atoms. The van der Waals surface area contributed by atoms with E-state index in [0.29, 0.717) is 37.2 Å². The number of pyridine rings is 1. The summed E-state index contributed by atoms with van der Waals surface area (Å²) in [5.74, 6) is 1.47. The fraction of sp³-hybridized carbons (Fsp3) is 0.556. The number of carbonyl (C=O) groups is 1. The summed E-state index contributed by atoms with van der Waals surface area (Å²) in [4.78, 5) is 35.6. The van der Waals surface area contributed by atoms with E-state index >= 15 is 0 Å². The molecule has 258 valence electrons. The van der Waals surface area contributed by atoms with Crippen molar-refractivity contribution in [2.24, 2.45) is 0 Å². The number of rotatable bonds is 11. The highest BCUT2D eigenvalue weighted by Crippen LogP contribution is 2.35. The Morgan fingerprint density at radius 2 is 1.94 bits per heavy atom. The summed E-state index contributed by atoms with van der Waals surface area (Å²) < 4.78 is 33.0. The van der Waals surface area contributed by atoms with Crippen molar-refractivity contribution >= 4 is 11.7 Å². The highest BCUT2D eigenvalue weighted by Gasteiger charge is 2.29. The van der Waals surface area contributed by atoms with E-state index in [1.165, 1.54) is 30.1 Å². The van der Waals surface area contributed by atoms with E-state index in [9.17, 15) is 9.18 Å². The molecular weight excluding hydrogens is 613 g/mol. The van der Waals surface area contributed by atoms with Crippen molar-refractivity contribution in [1.82, 2.24) is 29.7 Å². The number of morpholine rings is 1. The number of benzene rings is 1. The molecule has 6 rings (SSSR count). The minimum Gasteiger partial charge on any atom is -0.490 e. The molecule has 3 aliphatic heterocycles. The number of hydrogen-bond acceptors (Lipinski definition) is 10. The standard InChI is InChI=1S/C36H48FN7O4/c1-5-44(25(2)3)36(45)29-20-26(37)6-7-32(29)48-34-21-38-24-40-35(34)43-16-10-28(11-17-43)47-33-8-13-39-31-12-15-42(22-30(31)33)14-9-27-23-46-19-18-41(27)4/h6-8,13,20-21,24-25,27-28H,5,9-12,14-19,22-23H2,1-4H3/t27-/m1/s1. The summed E-state index contributed by atoms with van der Waals surface area (Å²) in [7, 11) is 2.19. The van der Waals surface area contributed by atoms with Crippen LogP contribution in [0.25, 0.3) is 0 Å². The van der Waals surface area contributed by atoms with E-state index in [1.807, 2.05) is 33.0 Å². The molecular formula is C36H48FN7O4. The molecule has 2 aromatic heterocycles. The van der Waals surface area contributed by atoms with Gasteiger partial charge < -0.3 is 24.0 Å². The maximum atomic E-state index is 14.3. The van der Waals surface area contributed by atoms with Gasteiger partial charge in [-0.3, -0.25) is 19.6 Å². The fourth-order valence-corrected chi connectivity index (χ4v) is 6.90. The first kappa shape index (κ1) is 34.0. The van der Waals surface area contributed by atoms with Gasteiger partial charge in [-0.05, 0) is 58.5 Å². The second-order valence-corrected chi connectivity index (χ2v) is 13.2. The van der Waals surface area contributed by atoms with E-state index in [1.54, 1.807) is 11.1 Å². The van der Waals surface area contributed by atoms with Gasteiger partial charge in [0.05, 0.1) is 25.0 Å². The van der Waals surface area contributed by atoms with Crippen LogP contribution >= 0.6 is 0 Å². The zero-order chi connectivity index (χ0) is 33.6. The first-order chi connectivity index (χ1) is 23.3. The topological polar surface area (TPSA) is 96.4 Å². The molecule has 0 N–H and O–H groups in total. The summed E-state index contributed by atoms with van der Waals surface area (Å²) in [6.07, 6.45) is 8.63. The average molecular weight is 662 g/mol. The van der Waals surface area contributed by atoms with Crippen molar-refractivity contribution in [3.8, 4) is 17.2 Å². The van der Waals surface area contributed by atoms with Gasteiger partial charge in [0.1, 0.15) is 29.7 Å². The van der Waals surface area contributed by atoms with Crippen LogP contribution in [0.1, 0.15) is 61.6 Å². The van der Waals surface area contributed by atoms with Crippen molar-refractivity contribution in [2.45, 2.75) is 71.2 Å². The molecule has 12 heteroatoms. The van der Waals surface area contributed by atoms with Gasteiger partial charge in [0.25, 0.3) is 5.91 Å². The Morgan fingerprint density at radius 1 is 1.10 bits per heavy atom. The van der Waals surface area contributed by atoms with Gasteiger partial charge in [0.2, 0.25) is 0 Å². The number of ether oxygens (including phenoxy) is 3. The van der Waals surface area contributed by atoms with Crippen molar-refractivity contribution in [2.75, 3.05) is 64.4 Å². The molecule has 5 heterocycles. The molecule has 0 aliphatic carbocycles. The SMILES string of the molecule is CCN(C(=O)c1cc(F)ccc1Oc1cncnc1N1CCC(Oc2ccnc3c2CN(CC[C@@H]2COCCN2C)CC3)CC1)C(C)C. The van der Waals surface area contributed by atoms with Crippen molar-refractivity contribution < 1.29 is 23.4 Å². The van der Waals surface area contributed by atoms with Gasteiger partial charge in [-0.15, -0.1) is 0 Å². The van der Waals surface area contributed by atoms with Gasteiger partial charge in [0.15, 0.2) is 11.6 Å². The van der Waals surface area contributed by atoms with E-state index in [0.717, 1.165) is 76.5 Å². The second-order valence-electron chi connectivity index (χ2n) is 13.2. The van der Waals surface area contributed by atoms with Crippen LogP contribution in [0.4, 0.5) is 10.2 Å². The molecule has 0 saturated carbocycles. The first-order valence-corrected chi connectivity index (χ1v) is 17.3. The summed E-state index contributed by atoms with van der Waals surface area (Å²) in [5, 5.41) is 0. The van der Waals surface area contributed by atoms with Crippen LogP contribution in [0, 0.1) is 5.82 Å². The summed E-state index contributed by atoms with van der Waals surface area (Å²) in [6, 6.07) is 6.45. The predicted molar refractivity (Wildman–Crippen MR) is 181 cm³/mol. The van der Waals surface area contributed by atoms with E-state index in [2.05, 4.69) is 31.7 Å². The molecule has 1 atom stereocenters. The second kappa shape index (κ2) is 15.6. The molecule has 1 amide bonds. The third-order valence-corrected chi connectivity index (χ3v) is 9.76. The molecule has 0 radical (unpaired) electrons. The summed E-state index contributed by atoms with van der Waals surface area (Å²) in [5.41, 5.74) is 2.51. The van der Waals surface area contributed by atoms with Crippen molar-refractivity contribution in [3.63, 3.8) is 0 Å². The minimum atomic E-state index is -0.498. The summed E-state index contributed by atoms with van der Waals surface area (Å²) >= 11 is 0. The Bertz CT molecular complexity index is 1550. The average Bonchev–Trinajstić information content (AvgIpc) is 3.09. The van der Waals surface area contributed by atoms with Crippen LogP contribution in [-0.2, 0) is 17.7 Å². The Balaban J connectivity index is 1.09. The monoisotopic (exact) mass is 661 g/mol. The van der Waals surface area contributed by atoms with E-state index < -0.39 is 5.82 Å². The lowest BCUT2D eigenvalue weighted by Crippen LogP contribution is -2.45. The minimum absolute atomic E-state index is 0.0431. The maximum absolute atomic E-state index is 14.3. The number of nitrogens with zero attached hydrogens (tertiary/aromatic N) is 7. The number of amides is 1. The number of carbonyl (C=O) groups excluding carboxylic acids is 1. The molecule has 48 heavy (non-hydrogen) atoms. The fourth-order valence-electron chi connectivity index (χ4n) is 6.90. The molecule has 0 unspecified atom stereocenters. The lowest BCUT2D eigenvalue weighted by Gasteiger charge is -2.36. The zero-order valence-electron chi connectivity index (χ0n) is 28.6. The highest BCUT2D eigenvalue weighted by atomic mass is 19.1. The third-order valence-electron chi connectivity index (χ3n) is 9.76. The number of hydrogen-bond donors (Lipinski definition) is 0. The number of piperidine rings is 1. The maximum Gasteiger partial charge on any atom is 0.257 e. The molecule has 3 aromatic rings. The first-order valence-electron chi connectivity index (χ1n) is 17.3. The number of likely N-dealkylation sites (N-methyl/N-ethyl adjacent to an activating group) is 1. The number of halogens is 1. The molecule has 2 fully saturated rings. The molecule has 1 aromatic carbocycles. The molecule has 2 saturated heterocycles. The van der Waals surface area contributed by atoms with Crippen LogP contribution < -0.4 is 14.4 Å². The smallest absolute Gasteiger partial charge is 0.257 e. The number of aromatic nitrogens is 3. The van der Waals surface area contributed by atoms with Crippen LogP contribution in [-0.4, -0.2) is 113 Å². The predicted octanol–water partition coefficient (Wildman–Crippen LogP) is 4.80. The van der Waals surface area contributed by atoms with Crippen LogP contribution in [0.2, 0.25) is 0 Å². The Hall–Kier alpha value is -3.87. The van der Waals surface area contributed by atoms with Crippen molar-refractivity contribution in [1.29, 1.82) is 0 Å². The van der Waals surface area contributed by atoms with E-state index in [-0.39, 0.29) is 29.4 Å². The van der Waals surface area contributed by atoms with Crippen LogP contribution in [0.15, 0.2) is 43.0 Å². The van der Waals surface area contributed by atoms with Gasteiger partial charge in [0, 0.05) is 94.6 Å². The quantitative estimate of drug-likeness (QED) is 0.285. The third kappa shape index (κ3) is 7.88. The van der Waals surface area contributed by atoms with Crippen LogP contribution in [0.3, 0.4) is 0 Å². The van der Waals surface area contributed by atoms with Gasteiger partial charge in [-0.25, -0.2) is 14.4 Å². The number of fused-ring (bicyclic) bond motifs is 1. The molecule has 11 nitrogen and oxygen atoms in total. The lowest BCUT2D eigenvalue weighted by molar-refractivity contribution is -0.000899. The lowest BCUT2D eigenvalue weighted by atomic mass is 10.0. The molecule has 3 aliphatic rings. The number of anilines is 1. The van der Waals surface area contributed by atoms with Gasteiger partial charge in [-0.2, -0.15) is 0 Å². The van der Waals surface area contributed by atoms with Crippen molar-refractivity contribution in [3.05, 3.63) is 65.6 Å². The Labute approximate surface area is 283 Å². The Kier molecular flexibility index (Phi) is 11.0. The zero-order valence-corrected chi connectivity index (χ0v) is 28.6. The largest absolute Gasteiger partial charge is 0.490 e. The van der Waals surface area contributed by atoms with Gasteiger partial charge in [-0.1, -0.05) is 0 Å². The van der Waals surface area contributed by atoms with E-state index in [4.69, 9.17) is 19.2 Å². The highest BCUT2D eigenvalue weighted by molar-refractivity contribution is 5.97. The van der Waals surface area contributed by atoms with Gasteiger partial charge >= 0.3 is 0 Å². The normalized spacial score (nSPS) is 19.3. The van der Waals surface area contributed by atoms with Crippen LogP contribution in [0.5, 0.6) is 17.2 Å². The summed E-state index contributed by atoms with van der Waals surface area (Å²) in [6.45, 7) is 13.2.